The van der Waals surface area contributed by atoms with Gasteiger partial charge in [0.2, 0.25) is 0 Å². The summed E-state index contributed by atoms with van der Waals surface area (Å²) in [5, 5.41) is 3.62. The van der Waals surface area contributed by atoms with Crippen LogP contribution in [0.2, 0.25) is 0 Å². The Morgan fingerprint density at radius 1 is 1.12 bits per heavy atom. The lowest BCUT2D eigenvalue weighted by Gasteiger charge is -2.35. The Balaban J connectivity index is 1.88. The van der Waals surface area contributed by atoms with Crippen LogP contribution in [0.5, 0.6) is 0 Å². The largest absolute Gasteiger partial charge is 0.312 e. The molecule has 0 amide bonds. The smallest absolute Gasteiger partial charge is 0.0208 e. The summed E-state index contributed by atoms with van der Waals surface area (Å²) in [4.78, 5) is 0. The molecular formula is C16H23N. The van der Waals surface area contributed by atoms with Crippen molar-refractivity contribution in [1.82, 2.24) is 5.32 Å². The normalized spacial score (nSPS) is 25.6. The van der Waals surface area contributed by atoms with Crippen molar-refractivity contribution in [2.45, 2.75) is 51.5 Å². The highest BCUT2D eigenvalue weighted by atomic mass is 14.9. The highest BCUT2D eigenvalue weighted by Crippen LogP contribution is 2.38. The van der Waals surface area contributed by atoms with Gasteiger partial charge in [-0.25, -0.2) is 0 Å². The van der Waals surface area contributed by atoms with Crippen molar-refractivity contribution >= 4 is 0 Å². The number of rotatable bonds is 1. The molecule has 1 saturated carbocycles. The van der Waals surface area contributed by atoms with E-state index in [4.69, 9.17) is 0 Å². The Hall–Kier alpha value is -0.820. The average molecular weight is 229 g/mol. The summed E-state index contributed by atoms with van der Waals surface area (Å²) < 4.78 is 0. The van der Waals surface area contributed by atoms with Crippen LogP contribution < -0.4 is 5.32 Å². The van der Waals surface area contributed by atoms with Crippen LogP contribution in [-0.2, 0) is 6.54 Å². The van der Waals surface area contributed by atoms with Crippen LogP contribution in [0.1, 0.15) is 54.7 Å². The number of benzene rings is 1. The van der Waals surface area contributed by atoms with Gasteiger partial charge in [-0.15, -0.1) is 0 Å². The summed E-state index contributed by atoms with van der Waals surface area (Å²) in [6.45, 7) is 4.46. The van der Waals surface area contributed by atoms with Gasteiger partial charge in [0, 0.05) is 13.1 Å². The zero-order valence-electron chi connectivity index (χ0n) is 10.8. The first kappa shape index (κ1) is 11.3. The summed E-state index contributed by atoms with van der Waals surface area (Å²) in [7, 11) is 0. The van der Waals surface area contributed by atoms with Crippen molar-refractivity contribution in [3.05, 3.63) is 34.9 Å². The first-order valence-corrected chi connectivity index (χ1v) is 7.15. The molecule has 1 aliphatic heterocycles. The van der Waals surface area contributed by atoms with Gasteiger partial charge < -0.3 is 5.32 Å². The second-order valence-corrected chi connectivity index (χ2v) is 5.84. The predicted octanol–water partition coefficient (Wildman–Crippen LogP) is 3.76. The molecule has 1 heteroatoms. The lowest BCUT2D eigenvalue weighted by atomic mass is 9.74. The van der Waals surface area contributed by atoms with Gasteiger partial charge in [-0.3, -0.25) is 0 Å². The van der Waals surface area contributed by atoms with Gasteiger partial charge in [0.15, 0.2) is 0 Å². The monoisotopic (exact) mass is 229 g/mol. The lowest BCUT2D eigenvalue weighted by Crippen LogP contribution is -2.33. The summed E-state index contributed by atoms with van der Waals surface area (Å²) >= 11 is 0. The molecule has 17 heavy (non-hydrogen) atoms. The van der Waals surface area contributed by atoms with Crippen LogP contribution in [-0.4, -0.2) is 6.54 Å². The molecule has 92 valence electrons. The molecule has 0 radical (unpaired) electrons. The Labute approximate surface area is 105 Å². The summed E-state index contributed by atoms with van der Waals surface area (Å²) in [6, 6.07) is 7.06. The van der Waals surface area contributed by atoms with E-state index in [9.17, 15) is 0 Å². The number of hydrogen-bond acceptors (Lipinski definition) is 1. The maximum absolute atomic E-state index is 3.62. The zero-order chi connectivity index (χ0) is 11.7. The molecule has 1 aromatic rings. The van der Waals surface area contributed by atoms with Crippen molar-refractivity contribution in [2.24, 2.45) is 5.92 Å². The molecule has 0 aromatic heterocycles. The minimum absolute atomic E-state index is 0.777. The van der Waals surface area contributed by atoms with E-state index < -0.39 is 0 Å². The van der Waals surface area contributed by atoms with Gasteiger partial charge in [-0.05, 0) is 42.7 Å². The Morgan fingerprint density at radius 2 is 1.94 bits per heavy atom. The minimum Gasteiger partial charge on any atom is -0.312 e. The molecule has 3 rings (SSSR count). The van der Waals surface area contributed by atoms with Crippen LogP contribution in [0.25, 0.3) is 0 Å². The van der Waals surface area contributed by atoms with Crippen LogP contribution in [0.15, 0.2) is 18.2 Å². The molecule has 1 unspecified atom stereocenters. The number of fused-ring (bicyclic) bond motifs is 1. The van der Waals surface area contributed by atoms with Crippen LogP contribution in [0, 0.1) is 12.8 Å². The molecule has 1 fully saturated rings. The van der Waals surface area contributed by atoms with E-state index >= 15 is 0 Å². The molecule has 1 heterocycles. The van der Waals surface area contributed by atoms with Gasteiger partial charge in [-0.1, -0.05) is 43.0 Å². The zero-order valence-corrected chi connectivity index (χ0v) is 10.8. The molecule has 0 bridgehead atoms. The molecule has 2 aliphatic rings. The number of aryl methyl sites for hydroxylation is 1. The summed E-state index contributed by atoms with van der Waals surface area (Å²) in [5.41, 5.74) is 4.59. The topological polar surface area (TPSA) is 12.0 Å². The molecule has 0 saturated heterocycles. The second kappa shape index (κ2) is 4.81. The average Bonchev–Trinajstić information content (AvgIpc) is 2.39. The van der Waals surface area contributed by atoms with E-state index in [1.54, 1.807) is 11.1 Å². The highest BCUT2D eigenvalue weighted by Gasteiger charge is 2.28. The fourth-order valence-corrected chi connectivity index (χ4v) is 3.68. The SMILES string of the molecule is Cc1ccc2c(c1)CNCC2C1CCCCC1. The van der Waals surface area contributed by atoms with Gasteiger partial charge >= 0.3 is 0 Å². The maximum Gasteiger partial charge on any atom is 0.0208 e. The van der Waals surface area contributed by atoms with E-state index in [0.717, 1.165) is 18.4 Å². The van der Waals surface area contributed by atoms with E-state index in [1.807, 2.05) is 0 Å². The standard InChI is InChI=1S/C16H23N/c1-12-7-8-15-14(9-12)10-17-11-16(15)13-5-3-2-4-6-13/h7-9,13,16-17H,2-6,10-11H2,1H3. The van der Waals surface area contributed by atoms with Crippen LogP contribution in [0.3, 0.4) is 0 Å². The predicted molar refractivity (Wildman–Crippen MR) is 72.2 cm³/mol. The molecule has 1 aliphatic carbocycles. The lowest BCUT2D eigenvalue weighted by molar-refractivity contribution is 0.288. The number of nitrogens with one attached hydrogen (secondary N) is 1. The summed E-state index contributed by atoms with van der Waals surface area (Å²) in [5.74, 6) is 1.71. The van der Waals surface area contributed by atoms with Crippen molar-refractivity contribution in [1.29, 1.82) is 0 Å². The molecule has 1 atom stereocenters. The van der Waals surface area contributed by atoms with Gasteiger partial charge in [-0.2, -0.15) is 0 Å². The van der Waals surface area contributed by atoms with E-state index in [1.165, 1.54) is 44.2 Å². The second-order valence-electron chi connectivity index (χ2n) is 5.84. The molecular weight excluding hydrogens is 206 g/mol. The first-order chi connectivity index (χ1) is 8.34. The van der Waals surface area contributed by atoms with Gasteiger partial charge in [0.25, 0.3) is 0 Å². The minimum atomic E-state index is 0.777. The fraction of sp³-hybridized carbons (Fsp3) is 0.625. The maximum atomic E-state index is 3.62. The number of hydrogen-bond donors (Lipinski definition) is 1. The fourth-order valence-electron chi connectivity index (χ4n) is 3.68. The van der Waals surface area contributed by atoms with Gasteiger partial charge in [0.1, 0.15) is 0 Å². The van der Waals surface area contributed by atoms with E-state index in [0.29, 0.717) is 0 Å². The third-order valence-corrected chi connectivity index (χ3v) is 4.60. The Kier molecular flexibility index (Phi) is 3.19. The quantitative estimate of drug-likeness (QED) is 0.773. The Bertz CT molecular complexity index is 391. The van der Waals surface area contributed by atoms with Crippen LogP contribution in [0.4, 0.5) is 0 Å². The van der Waals surface area contributed by atoms with E-state index in [-0.39, 0.29) is 0 Å². The first-order valence-electron chi connectivity index (χ1n) is 7.15. The molecule has 1 aromatic carbocycles. The molecule has 1 N–H and O–H groups in total. The third kappa shape index (κ3) is 2.26. The van der Waals surface area contributed by atoms with Crippen molar-refractivity contribution in [2.75, 3.05) is 6.54 Å². The molecule has 1 nitrogen and oxygen atoms in total. The van der Waals surface area contributed by atoms with Crippen molar-refractivity contribution in [3.63, 3.8) is 0 Å². The highest BCUT2D eigenvalue weighted by molar-refractivity contribution is 5.36. The van der Waals surface area contributed by atoms with Crippen LogP contribution >= 0.6 is 0 Å². The molecule has 0 spiro atoms. The van der Waals surface area contributed by atoms with Crippen molar-refractivity contribution in [3.8, 4) is 0 Å². The van der Waals surface area contributed by atoms with Crippen molar-refractivity contribution < 1.29 is 0 Å². The van der Waals surface area contributed by atoms with E-state index in [2.05, 4.69) is 30.4 Å². The third-order valence-electron chi connectivity index (χ3n) is 4.60. The van der Waals surface area contributed by atoms with Gasteiger partial charge in [0.05, 0.1) is 0 Å². The summed E-state index contributed by atoms with van der Waals surface area (Å²) in [6.07, 6.45) is 7.24. The Morgan fingerprint density at radius 3 is 2.76 bits per heavy atom.